The third kappa shape index (κ3) is 2.06. The molecule has 0 radical (unpaired) electrons. The van der Waals surface area contributed by atoms with Gasteiger partial charge in [-0.05, 0) is 29.8 Å². The Morgan fingerprint density at radius 2 is 1.94 bits per heavy atom. The first-order valence-electron chi connectivity index (χ1n) is 5.21. The lowest BCUT2D eigenvalue weighted by atomic mass is 10.2. The van der Waals surface area contributed by atoms with Gasteiger partial charge in [0.2, 0.25) is 0 Å². The fourth-order valence-corrected chi connectivity index (χ4v) is 1.94. The number of aromatic nitrogens is 4. The highest BCUT2D eigenvalue weighted by Crippen LogP contribution is 2.13. The van der Waals surface area contributed by atoms with Crippen LogP contribution in [0.15, 0.2) is 47.1 Å². The van der Waals surface area contributed by atoms with Crippen LogP contribution in [-0.2, 0) is 6.54 Å². The molecule has 2 aromatic heterocycles. The average Bonchev–Trinajstić information content (AvgIpc) is 2.76. The van der Waals surface area contributed by atoms with E-state index in [4.69, 9.17) is 0 Å². The Kier molecular flexibility index (Phi) is 2.60. The highest BCUT2D eigenvalue weighted by Gasteiger charge is 2.04. The van der Waals surface area contributed by atoms with Crippen LogP contribution in [0.2, 0.25) is 0 Å². The molecule has 3 aromatic rings. The second-order valence-electron chi connectivity index (χ2n) is 3.72. The zero-order valence-electron chi connectivity index (χ0n) is 8.92. The number of hydrogen-bond donors (Lipinski definition) is 0. The molecular formula is C12H9BrN4. The molecule has 2 heterocycles. The monoisotopic (exact) mass is 288 g/mol. The van der Waals surface area contributed by atoms with Crippen LogP contribution < -0.4 is 0 Å². The molecule has 0 unspecified atom stereocenters. The summed E-state index contributed by atoms with van der Waals surface area (Å²) in [5.74, 6) is 0. The lowest BCUT2D eigenvalue weighted by Crippen LogP contribution is -2.02. The molecule has 3 rings (SSSR count). The van der Waals surface area contributed by atoms with Crippen LogP contribution in [0, 0.1) is 0 Å². The van der Waals surface area contributed by atoms with Crippen molar-refractivity contribution < 1.29 is 0 Å². The molecular weight excluding hydrogens is 280 g/mol. The molecule has 0 N–H and O–H groups in total. The van der Waals surface area contributed by atoms with Crippen molar-refractivity contribution in [3.63, 3.8) is 0 Å². The van der Waals surface area contributed by atoms with Gasteiger partial charge >= 0.3 is 0 Å². The molecule has 0 bridgehead atoms. The van der Waals surface area contributed by atoms with Gasteiger partial charge in [-0.1, -0.05) is 33.3 Å². The van der Waals surface area contributed by atoms with Crippen molar-refractivity contribution in [1.82, 2.24) is 20.0 Å². The van der Waals surface area contributed by atoms with Gasteiger partial charge in [0.1, 0.15) is 5.52 Å². The number of rotatable bonds is 2. The molecule has 0 spiro atoms. The first-order chi connectivity index (χ1) is 8.33. The van der Waals surface area contributed by atoms with Crippen LogP contribution in [0.25, 0.3) is 11.2 Å². The molecule has 84 valence electrons. The highest BCUT2D eigenvalue weighted by molar-refractivity contribution is 9.10. The SMILES string of the molecule is Brc1ccc(Cn2nnc3cccnc32)cc1. The van der Waals surface area contributed by atoms with Gasteiger partial charge in [-0.25, -0.2) is 9.67 Å². The summed E-state index contributed by atoms with van der Waals surface area (Å²) < 4.78 is 2.88. The van der Waals surface area contributed by atoms with Crippen molar-refractivity contribution in [1.29, 1.82) is 0 Å². The van der Waals surface area contributed by atoms with Crippen LogP contribution in [-0.4, -0.2) is 20.0 Å². The average molecular weight is 289 g/mol. The van der Waals surface area contributed by atoms with Gasteiger partial charge < -0.3 is 0 Å². The van der Waals surface area contributed by atoms with E-state index in [1.165, 1.54) is 5.56 Å². The number of pyridine rings is 1. The number of fused-ring (bicyclic) bond motifs is 1. The van der Waals surface area contributed by atoms with Crippen molar-refractivity contribution in [2.45, 2.75) is 6.54 Å². The number of halogens is 1. The first-order valence-corrected chi connectivity index (χ1v) is 6.01. The van der Waals surface area contributed by atoms with E-state index < -0.39 is 0 Å². The largest absolute Gasteiger partial charge is 0.235 e. The highest BCUT2D eigenvalue weighted by atomic mass is 79.9. The van der Waals surface area contributed by atoms with Crippen LogP contribution in [0.1, 0.15) is 5.56 Å². The van der Waals surface area contributed by atoms with Crippen molar-refractivity contribution in [3.8, 4) is 0 Å². The van der Waals surface area contributed by atoms with E-state index in [2.05, 4.69) is 43.4 Å². The Hall–Kier alpha value is -1.75. The Labute approximate surface area is 106 Å². The molecule has 0 atom stereocenters. The fraction of sp³-hybridized carbons (Fsp3) is 0.0833. The summed E-state index contributed by atoms with van der Waals surface area (Å²) in [6.45, 7) is 0.681. The van der Waals surface area contributed by atoms with E-state index in [-0.39, 0.29) is 0 Å². The Morgan fingerprint density at radius 3 is 2.76 bits per heavy atom. The van der Waals surface area contributed by atoms with E-state index in [1.54, 1.807) is 10.9 Å². The molecule has 5 heteroatoms. The number of hydrogen-bond acceptors (Lipinski definition) is 3. The van der Waals surface area contributed by atoms with Gasteiger partial charge in [0.15, 0.2) is 5.65 Å². The van der Waals surface area contributed by atoms with Crippen molar-refractivity contribution in [3.05, 3.63) is 52.6 Å². The Bertz CT molecular complexity index is 645. The second-order valence-corrected chi connectivity index (χ2v) is 4.64. The fourth-order valence-electron chi connectivity index (χ4n) is 1.68. The van der Waals surface area contributed by atoms with Gasteiger partial charge in [0, 0.05) is 10.7 Å². The summed E-state index contributed by atoms with van der Waals surface area (Å²) >= 11 is 3.42. The molecule has 17 heavy (non-hydrogen) atoms. The topological polar surface area (TPSA) is 43.6 Å². The lowest BCUT2D eigenvalue weighted by Gasteiger charge is -2.01. The van der Waals surface area contributed by atoms with Crippen LogP contribution in [0.5, 0.6) is 0 Å². The predicted molar refractivity (Wildman–Crippen MR) is 68.6 cm³/mol. The summed E-state index contributed by atoms with van der Waals surface area (Å²) in [6.07, 6.45) is 1.75. The third-order valence-corrected chi connectivity index (χ3v) is 3.05. The number of nitrogens with zero attached hydrogens (tertiary/aromatic N) is 4. The van der Waals surface area contributed by atoms with Gasteiger partial charge in [-0.2, -0.15) is 0 Å². The van der Waals surface area contributed by atoms with Crippen molar-refractivity contribution in [2.75, 3.05) is 0 Å². The maximum atomic E-state index is 4.28. The molecule has 0 fully saturated rings. The van der Waals surface area contributed by atoms with Crippen LogP contribution in [0.4, 0.5) is 0 Å². The maximum absolute atomic E-state index is 4.28. The molecule has 0 amide bonds. The minimum absolute atomic E-state index is 0.681. The van der Waals surface area contributed by atoms with E-state index in [0.29, 0.717) is 6.54 Å². The maximum Gasteiger partial charge on any atom is 0.178 e. The smallest absolute Gasteiger partial charge is 0.178 e. The predicted octanol–water partition coefficient (Wildman–Crippen LogP) is 2.64. The first kappa shape index (κ1) is 10.4. The lowest BCUT2D eigenvalue weighted by molar-refractivity contribution is 0.664. The Morgan fingerprint density at radius 1 is 1.12 bits per heavy atom. The molecule has 4 nitrogen and oxygen atoms in total. The standard InChI is InChI=1S/C12H9BrN4/c13-10-5-3-9(4-6-10)8-17-12-11(15-16-17)2-1-7-14-12/h1-7H,8H2. The van der Waals surface area contributed by atoms with Crippen molar-refractivity contribution >= 4 is 27.1 Å². The van der Waals surface area contributed by atoms with E-state index in [9.17, 15) is 0 Å². The molecule has 0 saturated heterocycles. The molecule has 1 aromatic carbocycles. The van der Waals surface area contributed by atoms with Gasteiger partial charge in [-0.15, -0.1) is 5.10 Å². The zero-order valence-corrected chi connectivity index (χ0v) is 10.5. The molecule has 0 saturated carbocycles. The molecule has 0 aliphatic heterocycles. The minimum atomic E-state index is 0.681. The van der Waals surface area contributed by atoms with Crippen LogP contribution in [0.3, 0.4) is 0 Å². The third-order valence-electron chi connectivity index (χ3n) is 2.52. The molecule has 0 aliphatic rings. The van der Waals surface area contributed by atoms with Gasteiger partial charge in [0.05, 0.1) is 6.54 Å². The summed E-state index contributed by atoms with van der Waals surface area (Å²) in [7, 11) is 0. The number of benzene rings is 1. The van der Waals surface area contributed by atoms with Gasteiger partial charge in [-0.3, -0.25) is 0 Å². The second kappa shape index (κ2) is 4.25. The van der Waals surface area contributed by atoms with Gasteiger partial charge in [0.25, 0.3) is 0 Å². The van der Waals surface area contributed by atoms with E-state index >= 15 is 0 Å². The molecule has 0 aliphatic carbocycles. The quantitative estimate of drug-likeness (QED) is 0.728. The zero-order chi connectivity index (χ0) is 11.7. The minimum Gasteiger partial charge on any atom is -0.235 e. The summed E-state index contributed by atoms with van der Waals surface area (Å²) in [4.78, 5) is 4.28. The summed E-state index contributed by atoms with van der Waals surface area (Å²) in [5, 5.41) is 8.18. The van der Waals surface area contributed by atoms with E-state index in [1.807, 2.05) is 24.3 Å². The summed E-state index contributed by atoms with van der Waals surface area (Å²) in [6, 6.07) is 11.9. The Balaban J connectivity index is 1.97. The van der Waals surface area contributed by atoms with Crippen LogP contribution >= 0.6 is 15.9 Å². The normalized spacial score (nSPS) is 10.9. The van der Waals surface area contributed by atoms with E-state index in [0.717, 1.165) is 15.6 Å². The van der Waals surface area contributed by atoms with Crippen molar-refractivity contribution in [2.24, 2.45) is 0 Å². The summed E-state index contributed by atoms with van der Waals surface area (Å²) in [5.41, 5.74) is 2.81.